The summed E-state index contributed by atoms with van der Waals surface area (Å²) in [6, 6.07) is 4.76. The van der Waals surface area contributed by atoms with Crippen LogP contribution in [0.5, 0.6) is 5.75 Å². The molecule has 0 bridgehead atoms. The molecule has 0 aromatic heterocycles. The summed E-state index contributed by atoms with van der Waals surface area (Å²) in [5.41, 5.74) is 0.306. The summed E-state index contributed by atoms with van der Waals surface area (Å²) < 4.78 is 18.4. The van der Waals surface area contributed by atoms with Crippen LogP contribution in [0.15, 0.2) is 18.2 Å². The fourth-order valence-corrected chi connectivity index (χ4v) is 1.85. The highest BCUT2D eigenvalue weighted by atomic mass is 35.5. The molecule has 0 aliphatic carbocycles. The number of methoxy groups -OCH3 is 1. The van der Waals surface area contributed by atoms with E-state index in [9.17, 15) is 9.18 Å². The van der Waals surface area contributed by atoms with E-state index in [-0.39, 0.29) is 17.5 Å². The van der Waals surface area contributed by atoms with E-state index in [1.165, 1.54) is 13.2 Å². The first-order valence-electron chi connectivity index (χ1n) is 5.57. The van der Waals surface area contributed by atoms with Gasteiger partial charge in [-0.25, -0.2) is 4.39 Å². The molecule has 1 amide bonds. The molecule has 1 aromatic rings. The van der Waals surface area contributed by atoms with Crippen molar-refractivity contribution in [3.8, 4) is 5.75 Å². The van der Waals surface area contributed by atoms with Crippen LogP contribution in [0.3, 0.4) is 0 Å². The number of hydrogen-bond donors (Lipinski definition) is 1. The largest absolute Gasteiger partial charge is 0.494 e. The summed E-state index contributed by atoms with van der Waals surface area (Å²) in [7, 11) is 1.42. The molecule has 3 nitrogen and oxygen atoms in total. The van der Waals surface area contributed by atoms with Crippen LogP contribution in [-0.2, 0) is 11.2 Å². The maximum absolute atomic E-state index is 13.5. The molecule has 0 atom stereocenters. The molecule has 0 radical (unpaired) electrons. The Bertz CT molecular complexity index is 435. The van der Waals surface area contributed by atoms with E-state index in [1.54, 1.807) is 12.1 Å². The molecule has 1 N–H and O–H groups in total. The number of benzene rings is 1. The average Bonchev–Trinajstić information content (AvgIpc) is 2.27. The summed E-state index contributed by atoms with van der Waals surface area (Å²) in [5.74, 6) is -0.521. The zero-order valence-electron chi connectivity index (χ0n) is 10.7. The van der Waals surface area contributed by atoms with Gasteiger partial charge < -0.3 is 10.1 Å². The summed E-state index contributed by atoms with van der Waals surface area (Å²) in [6.45, 7) is 3.72. The smallest absolute Gasteiger partial charge is 0.235 e. The Morgan fingerprint density at radius 2 is 2.17 bits per heavy atom. The number of nitrogens with one attached hydrogen (secondary N) is 1. The summed E-state index contributed by atoms with van der Waals surface area (Å²) in [4.78, 5) is 11.2. The molecule has 5 heteroatoms. The van der Waals surface area contributed by atoms with Crippen molar-refractivity contribution in [3.63, 3.8) is 0 Å². The minimum Gasteiger partial charge on any atom is -0.494 e. The lowest BCUT2D eigenvalue weighted by Crippen LogP contribution is -2.45. The van der Waals surface area contributed by atoms with Gasteiger partial charge in [0.05, 0.1) is 7.11 Å². The SMILES string of the molecule is COc1ccc(CC(C)(C)NC(=O)CCl)cc1F. The van der Waals surface area contributed by atoms with Crippen LogP contribution in [0, 0.1) is 5.82 Å². The zero-order chi connectivity index (χ0) is 13.8. The van der Waals surface area contributed by atoms with Gasteiger partial charge in [0.2, 0.25) is 5.91 Å². The fourth-order valence-electron chi connectivity index (χ4n) is 1.79. The molecule has 1 rings (SSSR count). The molecular weight excluding hydrogens is 257 g/mol. The van der Waals surface area contributed by atoms with Gasteiger partial charge in [-0.1, -0.05) is 6.07 Å². The van der Waals surface area contributed by atoms with E-state index in [1.807, 2.05) is 13.8 Å². The second kappa shape index (κ2) is 6.05. The second-order valence-corrected chi connectivity index (χ2v) is 4.98. The van der Waals surface area contributed by atoms with Gasteiger partial charge in [0.15, 0.2) is 11.6 Å². The molecule has 0 unspecified atom stereocenters. The maximum Gasteiger partial charge on any atom is 0.235 e. The van der Waals surface area contributed by atoms with Gasteiger partial charge in [-0.15, -0.1) is 11.6 Å². The summed E-state index contributed by atoms with van der Waals surface area (Å²) in [5, 5.41) is 2.78. The fraction of sp³-hybridized carbons (Fsp3) is 0.462. The number of amides is 1. The predicted octanol–water partition coefficient (Wildman–Crippen LogP) is 2.51. The van der Waals surface area contributed by atoms with Crippen molar-refractivity contribution >= 4 is 17.5 Å². The number of ether oxygens (including phenoxy) is 1. The van der Waals surface area contributed by atoms with E-state index in [4.69, 9.17) is 16.3 Å². The molecule has 1 aromatic carbocycles. The maximum atomic E-state index is 13.5. The van der Waals surface area contributed by atoms with Crippen molar-refractivity contribution in [1.82, 2.24) is 5.32 Å². The van der Waals surface area contributed by atoms with Crippen molar-refractivity contribution < 1.29 is 13.9 Å². The van der Waals surface area contributed by atoms with Crippen LogP contribution < -0.4 is 10.1 Å². The monoisotopic (exact) mass is 273 g/mol. The Labute approximate surface area is 111 Å². The normalized spacial score (nSPS) is 11.2. The van der Waals surface area contributed by atoms with E-state index < -0.39 is 11.4 Å². The number of rotatable bonds is 5. The Morgan fingerprint density at radius 3 is 2.67 bits per heavy atom. The van der Waals surface area contributed by atoms with Crippen molar-refractivity contribution in [3.05, 3.63) is 29.6 Å². The summed E-state index contributed by atoms with van der Waals surface area (Å²) >= 11 is 5.44. The molecule has 0 saturated carbocycles. The molecule has 100 valence electrons. The molecule has 0 aliphatic heterocycles. The van der Waals surface area contributed by atoms with Crippen LogP contribution in [-0.4, -0.2) is 24.4 Å². The minimum atomic E-state index is -0.479. The first-order valence-corrected chi connectivity index (χ1v) is 6.11. The number of carbonyl (C=O) groups is 1. The molecular formula is C13H17ClFNO2. The van der Waals surface area contributed by atoms with Crippen LogP contribution in [0.4, 0.5) is 4.39 Å². The number of carbonyl (C=O) groups excluding carboxylic acids is 1. The molecule has 0 heterocycles. The highest BCUT2D eigenvalue weighted by Gasteiger charge is 2.21. The highest BCUT2D eigenvalue weighted by Crippen LogP contribution is 2.20. The van der Waals surface area contributed by atoms with Crippen LogP contribution in [0.1, 0.15) is 19.4 Å². The first-order chi connectivity index (χ1) is 8.38. The van der Waals surface area contributed by atoms with Gasteiger partial charge in [-0.05, 0) is 38.0 Å². The Hall–Kier alpha value is -1.29. The third-order valence-corrected chi connectivity index (χ3v) is 2.70. The van der Waals surface area contributed by atoms with Gasteiger partial charge in [-0.2, -0.15) is 0 Å². The van der Waals surface area contributed by atoms with Gasteiger partial charge in [-0.3, -0.25) is 4.79 Å². The van der Waals surface area contributed by atoms with Gasteiger partial charge in [0.1, 0.15) is 5.88 Å². The molecule has 18 heavy (non-hydrogen) atoms. The molecule has 0 spiro atoms. The second-order valence-electron chi connectivity index (χ2n) is 4.71. The van der Waals surface area contributed by atoms with E-state index in [2.05, 4.69) is 5.32 Å². The van der Waals surface area contributed by atoms with Crippen molar-refractivity contribution in [1.29, 1.82) is 0 Å². The number of halogens is 2. The highest BCUT2D eigenvalue weighted by molar-refractivity contribution is 6.27. The van der Waals surface area contributed by atoms with Gasteiger partial charge >= 0.3 is 0 Å². The lowest BCUT2D eigenvalue weighted by atomic mass is 9.94. The Kier molecular flexibility index (Phi) is 4.96. The van der Waals surface area contributed by atoms with Crippen molar-refractivity contribution in [2.45, 2.75) is 25.8 Å². The van der Waals surface area contributed by atoms with Gasteiger partial charge in [0.25, 0.3) is 0 Å². The van der Waals surface area contributed by atoms with E-state index >= 15 is 0 Å². The number of alkyl halides is 1. The Balaban J connectivity index is 2.77. The molecule has 0 saturated heterocycles. The zero-order valence-corrected chi connectivity index (χ0v) is 11.5. The van der Waals surface area contributed by atoms with Gasteiger partial charge in [0, 0.05) is 5.54 Å². The van der Waals surface area contributed by atoms with Crippen LogP contribution >= 0.6 is 11.6 Å². The topological polar surface area (TPSA) is 38.3 Å². The van der Waals surface area contributed by atoms with Crippen molar-refractivity contribution in [2.24, 2.45) is 0 Å². The lowest BCUT2D eigenvalue weighted by molar-refractivity contribution is -0.120. The van der Waals surface area contributed by atoms with Crippen LogP contribution in [0.2, 0.25) is 0 Å². The third kappa shape index (κ3) is 4.18. The average molecular weight is 274 g/mol. The molecule has 0 aliphatic rings. The lowest BCUT2D eigenvalue weighted by Gasteiger charge is -2.26. The van der Waals surface area contributed by atoms with E-state index in [0.717, 1.165) is 5.56 Å². The quantitative estimate of drug-likeness (QED) is 0.837. The first kappa shape index (κ1) is 14.8. The minimum absolute atomic E-state index is 0.0829. The van der Waals surface area contributed by atoms with Crippen LogP contribution in [0.25, 0.3) is 0 Å². The number of hydrogen-bond acceptors (Lipinski definition) is 2. The predicted molar refractivity (Wildman–Crippen MR) is 69.6 cm³/mol. The summed E-state index contributed by atoms with van der Waals surface area (Å²) in [6.07, 6.45) is 0.510. The Morgan fingerprint density at radius 1 is 1.50 bits per heavy atom. The van der Waals surface area contributed by atoms with E-state index in [0.29, 0.717) is 6.42 Å². The van der Waals surface area contributed by atoms with Crippen molar-refractivity contribution in [2.75, 3.05) is 13.0 Å². The standard InChI is InChI=1S/C13H17ClFNO2/c1-13(2,16-12(17)8-14)7-9-4-5-11(18-3)10(15)6-9/h4-6H,7-8H2,1-3H3,(H,16,17). The third-order valence-electron chi connectivity index (χ3n) is 2.46. The molecule has 0 fully saturated rings.